The van der Waals surface area contributed by atoms with E-state index in [-0.39, 0.29) is 29.4 Å². The van der Waals surface area contributed by atoms with Crippen LogP contribution in [0.25, 0.3) is 0 Å². The van der Waals surface area contributed by atoms with E-state index in [0.717, 1.165) is 0 Å². The molecule has 1 N–H and O–H groups in total. The maximum atomic E-state index is 11.3. The van der Waals surface area contributed by atoms with Crippen molar-refractivity contribution in [2.24, 2.45) is 0 Å². The van der Waals surface area contributed by atoms with E-state index in [1.54, 1.807) is 0 Å². The number of carboxylic acid groups (broad SMARTS) is 1. The highest BCUT2D eigenvalue weighted by atomic mass is 35.5. The predicted molar refractivity (Wildman–Crippen MR) is 68.2 cm³/mol. The Balaban J connectivity index is 2.78. The first kappa shape index (κ1) is 14.8. The second kappa shape index (κ2) is 6.06. The van der Waals surface area contributed by atoms with Crippen LogP contribution in [0.15, 0.2) is 18.2 Å². The van der Waals surface area contributed by atoms with Crippen LogP contribution >= 0.6 is 11.6 Å². The Kier molecular flexibility index (Phi) is 4.98. The molecule has 0 aliphatic heterocycles. The monoisotopic (exact) mass is 292 g/mol. The summed E-state index contributed by atoms with van der Waals surface area (Å²) in [5, 5.41) is 9.25. The third-order valence-corrected chi connectivity index (χ3v) is 4.17. The van der Waals surface area contributed by atoms with Crippen molar-refractivity contribution in [3.05, 3.63) is 28.8 Å². The third-order valence-electron chi connectivity index (χ3n) is 2.27. The highest BCUT2D eigenvalue weighted by molar-refractivity contribution is 7.91. The maximum Gasteiger partial charge on any atom is 0.339 e. The normalized spacial score (nSPS) is 11.2. The number of rotatable bonds is 6. The SMILES string of the molecule is CCS(=O)(=O)CCOc1cc(Cl)ccc1C(=O)O. The van der Waals surface area contributed by atoms with E-state index in [1.807, 2.05) is 0 Å². The van der Waals surface area contributed by atoms with Gasteiger partial charge in [0.2, 0.25) is 0 Å². The predicted octanol–water partition coefficient (Wildman–Crippen LogP) is 1.85. The fraction of sp³-hybridized carbons (Fsp3) is 0.364. The van der Waals surface area contributed by atoms with Gasteiger partial charge in [0.15, 0.2) is 9.84 Å². The van der Waals surface area contributed by atoms with Crippen molar-refractivity contribution in [1.29, 1.82) is 0 Å². The molecule has 1 rings (SSSR count). The van der Waals surface area contributed by atoms with E-state index in [0.29, 0.717) is 5.02 Å². The highest BCUT2D eigenvalue weighted by Crippen LogP contribution is 2.23. The maximum absolute atomic E-state index is 11.3. The molecule has 0 aliphatic rings. The van der Waals surface area contributed by atoms with Crippen molar-refractivity contribution in [1.82, 2.24) is 0 Å². The first-order valence-electron chi connectivity index (χ1n) is 5.22. The van der Waals surface area contributed by atoms with Crippen molar-refractivity contribution in [2.75, 3.05) is 18.1 Å². The number of halogens is 1. The largest absolute Gasteiger partial charge is 0.492 e. The number of carbonyl (C=O) groups is 1. The Morgan fingerprint density at radius 2 is 2.11 bits per heavy atom. The lowest BCUT2D eigenvalue weighted by Crippen LogP contribution is -2.16. The molecule has 0 amide bonds. The lowest BCUT2D eigenvalue weighted by Gasteiger charge is -2.09. The molecule has 0 atom stereocenters. The Bertz CT molecular complexity index is 538. The molecular weight excluding hydrogens is 280 g/mol. The van der Waals surface area contributed by atoms with Gasteiger partial charge in [-0.05, 0) is 18.2 Å². The molecule has 100 valence electrons. The molecule has 0 aromatic heterocycles. The minimum atomic E-state index is -3.14. The molecule has 0 spiro atoms. The fourth-order valence-electron chi connectivity index (χ4n) is 1.22. The molecule has 0 saturated carbocycles. The van der Waals surface area contributed by atoms with E-state index in [4.69, 9.17) is 21.4 Å². The van der Waals surface area contributed by atoms with E-state index in [2.05, 4.69) is 0 Å². The van der Waals surface area contributed by atoms with Gasteiger partial charge < -0.3 is 9.84 Å². The van der Waals surface area contributed by atoms with Crippen LogP contribution in [0, 0.1) is 0 Å². The van der Waals surface area contributed by atoms with Crippen LogP contribution in [0.4, 0.5) is 0 Å². The summed E-state index contributed by atoms with van der Waals surface area (Å²) in [5.74, 6) is -1.21. The zero-order chi connectivity index (χ0) is 13.8. The van der Waals surface area contributed by atoms with Crippen LogP contribution in [0.3, 0.4) is 0 Å². The van der Waals surface area contributed by atoms with Crippen LogP contribution in [0.2, 0.25) is 5.02 Å². The Morgan fingerprint density at radius 1 is 1.44 bits per heavy atom. The lowest BCUT2D eigenvalue weighted by molar-refractivity contribution is 0.0692. The van der Waals surface area contributed by atoms with Gasteiger partial charge in [0.05, 0.1) is 5.75 Å². The van der Waals surface area contributed by atoms with Crippen molar-refractivity contribution in [3.63, 3.8) is 0 Å². The molecule has 0 bridgehead atoms. The van der Waals surface area contributed by atoms with E-state index in [9.17, 15) is 13.2 Å². The standard InChI is InChI=1S/C11H13ClO5S/c1-2-18(15,16)6-5-17-10-7-8(12)3-4-9(10)11(13)14/h3-4,7H,2,5-6H2,1H3,(H,13,14). The van der Waals surface area contributed by atoms with Crippen molar-refractivity contribution in [3.8, 4) is 5.75 Å². The van der Waals surface area contributed by atoms with E-state index in [1.165, 1.54) is 25.1 Å². The van der Waals surface area contributed by atoms with Crippen LogP contribution in [0.1, 0.15) is 17.3 Å². The van der Waals surface area contributed by atoms with Gasteiger partial charge in [-0.1, -0.05) is 18.5 Å². The molecular formula is C11H13ClO5S. The summed E-state index contributed by atoms with van der Waals surface area (Å²) < 4.78 is 27.7. The molecule has 0 fully saturated rings. The van der Waals surface area contributed by atoms with Gasteiger partial charge in [-0.3, -0.25) is 0 Å². The molecule has 0 aliphatic carbocycles. The molecule has 18 heavy (non-hydrogen) atoms. The van der Waals surface area contributed by atoms with Crippen LogP contribution in [-0.2, 0) is 9.84 Å². The number of ether oxygens (including phenoxy) is 1. The van der Waals surface area contributed by atoms with E-state index >= 15 is 0 Å². The average Bonchev–Trinajstić information content (AvgIpc) is 2.28. The second-order valence-electron chi connectivity index (χ2n) is 3.53. The number of sulfone groups is 1. The lowest BCUT2D eigenvalue weighted by atomic mass is 10.2. The summed E-state index contributed by atoms with van der Waals surface area (Å²) >= 11 is 5.73. The summed E-state index contributed by atoms with van der Waals surface area (Å²) in [4.78, 5) is 10.9. The highest BCUT2D eigenvalue weighted by Gasteiger charge is 2.13. The number of benzene rings is 1. The minimum absolute atomic E-state index is 0.0255. The van der Waals surface area contributed by atoms with Gasteiger partial charge in [-0.25, -0.2) is 13.2 Å². The molecule has 5 nitrogen and oxygen atoms in total. The third kappa shape index (κ3) is 4.19. The topological polar surface area (TPSA) is 80.7 Å². The molecule has 1 aromatic carbocycles. The average molecular weight is 293 g/mol. The van der Waals surface area contributed by atoms with E-state index < -0.39 is 15.8 Å². The first-order chi connectivity index (χ1) is 8.35. The molecule has 7 heteroatoms. The molecule has 0 unspecified atom stereocenters. The summed E-state index contributed by atoms with van der Waals surface area (Å²) in [7, 11) is -3.14. The van der Waals surface area contributed by atoms with Gasteiger partial charge in [-0.15, -0.1) is 0 Å². The zero-order valence-electron chi connectivity index (χ0n) is 9.72. The van der Waals surface area contributed by atoms with Gasteiger partial charge in [0.25, 0.3) is 0 Å². The molecule has 0 heterocycles. The van der Waals surface area contributed by atoms with Crippen molar-refractivity contribution in [2.45, 2.75) is 6.92 Å². The van der Waals surface area contributed by atoms with Gasteiger partial charge in [0.1, 0.15) is 17.9 Å². The van der Waals surface area contributed by atoms with Crippen molar-refractivity contribution >= 4 is 27.4 Å². The smallest absolute Gasteiger partial charge is 0.339 e. The first-order valence-corrected chi connectivity index (χ1v) is 7.41. The van der Waals surface area contributed by atoms with Crippen LogP contribution < -0.4 is 4.74 Å². The quantitative estimate of drug-likeness (QED) is 0.865. The number of hydrogen-bond donors (Lipinski definition) is 1. The number of aromatic carboxylic acids is 1. The van der Waals surface area contributed by atoms with Crippen LogP contribution in [0.5, 0.6) is 5.75 Å². The summed E-state index contributed by atoms with van der Waals surface area (Å²) in [6.07, 6.45) is 0. The Morgan fingerprint density at radius 3 is 2.67 bits per heavy atom. The molecule has 1 aromatic rings. The van der Waals surface area contributed by atoms with Gasteiger partial charge in [0, 0.05) is 10.8 Å². The summed E-state index contributed by atoms with van der Waals surface area (Å²) in [6.45, 7) is 1.44. The minimum Gasteiger partial charge on any atom is -0.492 e. The second-order valence-corrected chi connectivity index (χ2v) is 6.44. The zero-order valence-corrected chi connectivity index (χ0v) is 11.3. The number of carboxylic acids is 1. The van der Waals surface area contributed by atoms with Crippen LogP contribution in [-0.4, -0.2) is 37.6 Å². The fourth-order valence-corrected chi connectivity index (χ4v) is 2.00. The Labute approximate surface area is 110 Å². The van der Waals surface area contributed by atoms with Gasteiger partial charge >= 0.3 is 5.97 Å². The number of hydrogen-bond acceptors (Lipinski definition) is 4. The molecule has 0 saturated heterocycles. The van der Waals surface area contributed by atoms with Crippen molar-refractivity contribution < 1.29 is 23.1 Å². The Hall–Kier alpha value is -1.27. The summed E-state index contributed by atoms with van der Waals surface area (Å²) in [5.41, 5.74) is -0.0479. The molecule has 0 radical (unpaired) electrons. The summed E-state index contributed by atoms with van der Waals surface area (Å²) in [6, 6.07) is 4.10. The van der Waals surface area contributed by atoms with Gasteiger partial charge in [-0.2, -0.15) is 0 Å².